The highest BCUT2D eigenvalue weighted by Gasteiger charge is 2.29. The van der Waals surface area contributed by atoms with Gasteiger partial charge in [-0.3, -0.25) is 5.32 Å². The average Bonchev–Trinajstić information content (AvgIpc) is 3.08. The molecule has 2 aromatic rings. The number of aromatic nitrogens is 2. The van der Waals surface area contributed by atoms with Crippen molar-refractivity contribution < 1.29 is 9.90 Å². The van der Waals surface area contributed by atoms with Crippen LogP contribution in [0.1, 0.15) is 36.4 Å². The van der Waals surface area contributed by atoms with Crippen LogP contribution in [0.3, 0.4) is 0 Å². The van der Waals surface area contributed by atoms with Crippen molar-refractivity contribution in [2.45, 2.75) is 31.7 Å². The normalized spacial score (nSPS) is 16.7. The lowest BCUT2D eigenvalue weighted by molar-refractivity contribution is 0.169. The Kier molecular flexibility index (Phi) is 5.19. The number of anilines is 1. The summed E-state index contributed by atoms with van der Waals surface area (Å²) in [5.74, 6) is 0. The van der Waals surface area contributed by atoms with Crippen LogP contribution in [-0.4, -0.2) is 39.4 Å². The SMILES string of the molecule is O=C(Nc1nncs1)N(CCCO)[C@@H]1CCCc2ccccc21. The van der Waals surface area contributed by atoms with Crippen molar-refractivity contribution in [3.05, 3.63) is 40.9 Å². The molecule has 0 saturated heterocycles. The van der Waals surface area contributed by atoms with E-state index in [1.165, 1.54) is 22.5 Å². The van der Waals surface area contributed by atoms with Gasteiger partial charge in [0.05, 0.1) is 6.04 Å². The second kappa shape index (κ2) is 7.52. The molecule has 2 amide bonds. The number of urea groups is 1. The smallest absolute Gasteiger partial charge is 0.324 e. The van der Waals surface area contributed by atoms with E-state index in [9.17, 15) is 4.79 Å². The number of nitrogens with one attached hydrogen (secondary N) is 1. The van der Waals surface area contributed by atoms with Gasteiger partial charge < -0.3 is 10.0 Å². The van der Waals surface area contributed by atoms with Crippen LogP contribution in [0.25, 0.3) is 0 Å². The van der Waals surface area contributed by atoms with Crippen LogP contribution in [0.15, 0.2) is 29.8 Å². The zero-order valence-corrected chi connectivity index (χ0v) is 13.6. The van der Waals surface area contributed by atoms with Gasteiger partial charge in [0.15, 0.2) is 0 Å². The fourth-order valence-corrected chi connectivity index (χ4v) is 3.52. The number of rotatable bonds is 5. The largest absolute Gasteiger partial charge is 0.396 e. The Morgan fingerprint density at radius 2 is 2.30 bits per heavy atom. The topological polar surface area (TPSA) is 78.4 Å². The molecule has 122 valence electrons. The summed E-state index contributed by atoms with van der Waals surface area (Å²) in [6.07, 6.45) is 3.61. The van der Waals surface area contributed by atoms with Crippen LogP contribution in [0, 0.1) is 0 Å². The molecule has 0 fully saturated rings. The lowest BCUT2D eigenvalue weighted by Gasteiger charge is -2.35. The van der Waals surface area contributed by atoms with Crippen molar-refractivity contribution in [3.8, 4) is 0 Å². The van der Waals surface area contributed by atoms with Gasteiger partial charge in [-0.1, -0.05) is 35.6 Å². The quantitative estimate of drug-likeness (QED) is 0.882. The van der Waals surface area contributed by atoms with Crippen LogP contribution in [-0.2, 0) is 6.42 Å². The number of aliphatic hydroxyl groups is 1. The maximum absolute atomic E-state index is 12.7. The van der Waals surface area contributed by atoms with E-state index >= 15 is 0 Å². The second-order valence-corrected chi connectivity index (χ2v) is 6.38. The molecule has 1 aliphatic carbocycles. The Hall–Kier alpha value is -1.99. The highest BCUT2D eigenvalue weighted by Crippen LogP contribution is 2.34. The number of aliphatic hydroxyl groups excluding tert-OH is 1. The molecular weight excluding hydrogens is 312 g/mol. The molecule has 0 bridgehead atoms. The van der Waals surface area contributed by atoms with Crippen molar-refractivity contribution in [2.24, 2.45) is 0 Å². The predicted octanol–water partition coefficient (Wildman–Crippen LogP) is 2.83. The Morgan fingerprint density at radius 3 is 3.09 bits per heavy atom. The van der Waals surface area contributed by atoms with Gasteiger partial charge in [-0.15, -0.1) is 10.2 Å². The maximum Gasteiger partial charge on any atom is 0.324 e. The highest BCUT2D eigenvalue weighted by atomic mass is 32.1. The monoisotopic (exact) mass is 332 g/mol. The van der Waals surface area contributed by atoms with E-state index in [1.807, 2.05) is 17.0 Å². The van der Waals surface area contributed by atoms with E-state index in [2.05, 4.69) is 27.6 Å². The number of aryl methyl sites for hydroxylation is 1. The third kappa shape index (κ3) is 3.68. The minimum Gasteiger partial charge on any atom is -0.396 e. The summed E-state index contributed by atoms with van der Waals surface area (Å²) < 4.78 is 0. The van der Waals surface area contributed by atoms with E-state index < -0.39 is 0 Å². The lowest BCUT2D eigenvalue weighted by atomic mass is 9.87. The molecule has 6 nitrogen and oxygen atoms in total. The van der Waals surface area contributed by atoms with Gasteiger partial charge in [-0.05, 0) is 36.8 Å². The van der Waals surface area contributed by atoms with Gasteiger partial charge in [0, 0.05) is 13.2 Å². The number of carbonyl (C=O) groups excluding carboxylic acids is 1. The summed E-state index contributed by atoms with van der Waals surface area (Å²) >= 11 is 1.29. The first-order chi connectivity index (χ1) is 11.3. The number of amides is 2. The molecule has 0 spiro atoms. The first-order valence-corrected chi connectivity index (χ1v) is 8.70. The van der Waals surface area contributed by atoms with Gasteiger partial charge in [0.2, 0.25) is 5.13 Å². The fraction of sp³-hybridized carbons (Fsp3) is 0.438. The summed E-state index contributed by atoms with van der Waals surface area (Å²) in [6, 6.07) is 8.15. The van der Waals surface area contributed by atoms with Gasteiger partial charge >= 0.3 is 6.03 Å². The van der Waals surface area contributed by atoms with E-state index in [-0.39, 0.29) is 18.7 Å². The molecule has 2 N–H and O–H groups in total. The zero-order valence-electron chi connectivity index (χ0n) is 12.8. The number of carbonyl (C=O) groups is 1. The van der Waals surface area contributed by atoms with E-state index in [1.54, 1.807) is 5.51 Å². The summed E-state index contributed by atoms with van der Waals surface area (Å²) in [5.41, 5.74) is 4.11. The van der Waals surface area contributed by atoms with Crippen LogP contribution in [0.2, 0.25) is 0 Å². The number of nitrogens with zero attached hydrogens (tertiary/aromatic N) is 3. The first-order valence-electron chi connectivity index (χ1n) is 7.82. The Morgan fingerprint density at radius 1 is 1.43 bits per heavy atom. The van der Waals surface area contributed by atoms with Crippen molar-refractivity contribution >= 4 is 22.5 Å². The molecule has 1 aliphatic rings. The van der Waals surface area contributed by atoms with Crippen molar-refractivity contribution in [1.82, 2.24) is 15.1 Å². The molecule has 0 radical (unpaired) electrons. The molecule has 7 heteroatoms. The third-order valence-corrected chi connectivity index (χ3v) is 4.71. The molecule has 0 unspecified atom stereocenters. The van der Waals surface area contributed by atoms with Crippen LogP contribution < -0.4 is 5.32 Å². The molecular formula is C16H20N4O2S. The van der Waals surface area contributed by atoms with Gasteiger partial charge in [-0.25, -0.2) is 4.79 Å². The van der Waals surface area contributed by atoms with Crippen molar-refractivity contribution in [3.63, 3.8) is 0 Å². The van der Waals surface area contributed by atoms with Gasteiger partial charge in [0.25, 0.3) is 0 Å². The molecule has 0 aliphatic heterocycles. The summed E-state index contributed by atoms with van der Waals surface area (Å²) in [6.45, 7) is 0.580. The summed E-state index contributed by atoms with van der Waals surface area (Å²) in [7, 11) is 0. The van der Waals surface area contributed by atoms with E-state index in [0.29, 0.717) is 18.1 Å². The molecule has 3 rings (SSSR count). The zero-order chi connectivity index (χ0) is 16.1. The van der Waals surface area contributed by atoms with Gasteiger partial charge in [0.1, 0.15) is 5.51 Å². The Balaban J connectivity index is 1.83. The molecule has 1 heterocycles. The molecule has 1 aromatic heterocycles. The molecule has 23 heavy (non-hydrogen) atoms. The molecule has 1 atom stereocenters. The van der Waals surface area contributed by atoms with Crippen LogP contribution >= 0.6 is 11.3 Å². The Labute approximate surface area is 139 Å². The summed E-state index contributed by atoms with van der Waals surface area (Å²) in [4.78, 5) is 14.5. The van der Waals surface area contributed by atoms with Crippen LogP contribution in [0.4, 0.5) is 9.93 Å². The highest BCUT2D eigenvalue weighted by molar-refractivity contribution is 7.13. The van der Waals surface area contributed by atoms with Crippen LogP contribution in [0.5, 0.6) is 0 Å². The minimum absolute atomic E-state index is 0.0411. The standard InChI is InChI=1S/C16H20N4O2S/c21-10-4-9-20(16(22)18-15-19-17-11-23-15)14-8-3-6-12-5-1-2-7-13(12)14/h1-2,5,7,11,14,21H,3-4,6,8-10H2,(H,18,19,22)/t14-/m1/s1. The Bertz CT molecular complexity index is 647. The lowest BCUT2D eigenvalue weighted by Crippen LogP contribution is -2.40. The number of benzene rings is 1. The second-order valence-electron chi connectivity index (χ2n) is 5.55. The third-order valence-electron chi connectivity index (χ3n) is 4.11. The average molecular weight is 332 g/mol. The number of fused-ring (bicyclic) bond motifs is 1. The first kappa shape index (κ1) is 15.9. The van der Waals surface area contributed by atoms with E-state index in [4.69, 9.17) is 5.11 Å². The number of hydrogen-bond donors (Lipinski definition) is 2. The molecule has 0 saturated carbocycles. The maximum atomic E-state index is 12.7. The van der Waals surface area contributed by atoms with E-state index in [0.717, 1.165) is 19.3 Å². The fourth-order valence-electron chi connectivity index (χ4n) is 3.08. The molecule has 1 aromatic carbocycles. The number of hydrogen-bond acceptors (Lipinski definition) is 5. The van der Waals surface area contributed by atoms with Crippen molar-refractivity contribution in [2.75, 3.05) is 18.5 Å². The summed E-state index contributed by atoms with van der Waals surface area (Å²) in [5, 5.41) is 20.1. The van der Waals surface area contributed by atoms with Gasteiger partial charge in [-0.2, -0.15) is 0 Å². The van der Waals surface area contributed by atoms with Crippen molar-refractivity contribution in [1.29, 1.82) is 0 Å². The predicted molar refractivity (Wildman–Crippen MR) is 89.5 cm³/mol. The minimum atomic E-state index is -0.183.